The van der Waals surface area contributed by atoms with E-state index >= 15 is 0 Å². The number of nitriles is 1. The van der Waals surface area contributed by atoms with Gasteiger partial charge in [-0.3, -0.25) is 0 Å². The van der Waals surface area contributed by atoms with E-state index in [0.29, 0.717) is 17.8 Å². The highest BCUT2D eigenvalue weighted by Gasteiger charge is 2.31. The molecule has 1 aliphatic heterocycles. The highest BCUT2D eigenvalue weighted by molar-refractivity contribution is 7.91. The Balaban J connectivity index is 2.27. The van der Waals surface area contributed by atoms with Gasteiger partial charge in [-0.1, -0.05) is 0 Å². The number of aryl methyl sites for hydroxylation is 1. The topological polar surface area (TPSA) is 74.1 Å². The second-order valence-corrected chi connectivity index (χ2v) is 6.86. The maximum Gasteiger partial charge on any atom is 0.152 e. The number of pyridine rings is 1. The fraction of sp³-hybridized carbons (Fsp3) is 0.500. The van der Waals surface area contributed by atoms with Crippen molar-refractivity contribution >= 4 is 15.7 Å². The molecule has 0 aromatic carbocycles. The maximum absolute atomic E-state index is 11.5. The lowest BCUT2D eigenvalue weighted by molar-refractivity contribution is 0.600. The van der Waals surface area contributed by atoms with Crippen molar-refractivity contribution in [3.8, 4) is 6.07 Å². The molecule has 1 fully saturated rings. The summed E-state index contributed by atoms with van der Waals surface area (Å²) in [4.78, 5) is 6.21. The molecule has 0 N–H and O–H groups in total. The number of hydrogen-bond donors (Lipinski definition) is 0. The molecule has 6 heteroatoms. The first-order chi connectivity index (χ1) is 8.41. The number of rotatable bonds is 2. The third kappa shape index (κ3) is 2.62. The Morgan fingerprint density at radius 2 is 2.22 bits per heavy atom. The van der Waals surface area contributed by atoms with Crippen LogP contribution >= 0.6 is 0 Å². The molecule has 0 saturated carbocycles. The molecule has 96 valence electrons. The minimum absolute atomic E-state index is 0.0455. The van der Waals surface area contributed by atoms with E-state index in [1.54, 1.807) is 12.1 Å². The molecule has 2 heterocycles. The zero-order valence-electron chi connectivity index (χ0n) is 10.4. The molecule has 1 unspecified atom stereocenters. The summed E-state index contributed by atoms with van der Waals surface area (Å²) in [5.74, 6) is 1.06. The van der Waals surface area contributed by atoms with Crippen molar-refractivity contribution in [3.63, 3.8) is 0 Å². The molecular weight excluding hydrogens is 250 g/mol. The van der Waals surface area contributed by atoms with Crippen LogP contribution in [0.3, 0.4) is 0 Å². The molecular formula is C12H15N3O2S. The van der Waals surface area contributed by atoms with Crippen LogP contribution in [0.4, 0.5) is 5.82 Å². The van der Waals surface area contributed by atoms with Crippen LogP contribution in [-0.4, -0.2) is 38.0 Å². The summed E-state index contributed by atoms with van der Waals surface area (Å²) in [6.07, 6.45) is 0.621. The Morgan fingerprint density at radius 1 is 1.50 bits per heavy atom. The van der Waals surface area contributed by atoms with Gasteiger partial charge >= 0.3 is 0 Å². The van der Waals surface area contributed by atoms with Gasteiger partial charge in [0, 0.05) is 18.8 Å². The second kappa shape index (κ2) is 4.58. The van der Waals surface area contributed by atoms with Crippen molar-refractivity contribution in [3.05, 3.63) is 23.4 Å². The van der Waals surface area contributed by atoms with Crippen molar-refractivity contribution in [1.29, 1.82) is 5.26 Å². The van der Waals surface area contributed by atoms with Crippen LogP contribution < -0.4 is 4.90 Å². The number of nitrogens with zero attached hydrogens (tertiary/aromatic N) is 3. The lowest BCUT2D eigenvalue weighted by atomic mass is 10.2. The van der Waals surface area contributed by atoms with Gasteiger partial charge in [0.05, 0.1) is 23.1 Å². The summed E-state index contributed by atoms with van der Waals surface area (Å²) in [5, 5.41) is 8.92. The van der Waals surface area contributed by atoms with E-state index < -0.39 is 9.84 Å². The maximum atomic E-state index is 11.5. The van der Waals surface area contributed by atoms with Crippen LogP contribution in [0.5, 0.6) is 0 Å². The highest BCUT2D eigenvalue weighted by Crippen LogP contribution is 2.22. The smallest absolute Gasteiger partial charge is 0.152 e. The molecule has 0 amide bonds. The summed E-state index contributed by atoms with van der Waals surface area (Å²) in [5.41, 5.74) is 1.31. The van der Waals surface area contributed by atoms with Crippen LogP contribution in [0, 0.1) is 18.3 Å². The first kappa shape index (κ1) is 12.8. The largest absolute Gasteiger partial charge is 0.356 e. The van der Waals surface area contributed by atoms with Crippen molar-refractivity contribution in [1.82, 2.24) is 4.98 Å². The third-order valence-corrected chi connectivity index (χ3v) is 4.94. The highest BCUT2D eigenvalue weighted by atomic mass is 32.2. The SMILES string of the molecule is Cc1cc(C#N)cc(N(C)C2CCS(=O)(=O)C2)n1. The first-order valence-corrected chi connectivity index (χ1v) is 7.55. The number of anilines is 1. The van der Waals surface area contributed by atoms with Gasteiger partial charge in [-0.05, 0) is 25.5 Å². The third-order valence-electron chi connectivity index (χ3n) is 3.19. The summed E-state index contributed by atoms with van der Waals surface area (Å²) < 4.78 is 22.9. The summed E-state index contributed by atoms with van der Waals surface area (Å²) in [6, 6.07) is 5.44. The Labute approximate surface area is 107 Å². The van der Waals surface area contributed by atoms with Gasteiger partial charge in [-0.25, -0.2) is 13.4 Å². The molecule has 1 saturated heterocycles. The molecule has 0 spiro atoms. The normalized spacial score (nSPS) is 21.5. The summed E-state index contributed by atoms with van der Waals surface area (Å²) >= 11 is 0. The molecule has 18 heavy (non-hydrogen) atoms. The van der Waals surface area contributed by atoms with E-state index in [0.717, 1.165) is 5.69 Å². The quantitative estimate of drug-likeness (QED) is 0.793. The van der Waals surface area contributed by atoms with Crippen LogP contribution in [0.15, 0.2) is 12.1 Å². The number of aromatic nitrogens is 1. The van der Waals surface area contributed by atoms with Gasteiger partial charge in [-0.15, -0.1) is 0 Å². The average molecular weight is 265 g/mol. The minimum atomic E-state index is -2.91. The monoisotopic (exact) mass is 265 g/mol. The van der Waals surface area contributed by atoms with Gasteiger partial charge in [0.2, 0.25) is 0 Å². The summed E-state index contributed by atoms with van der Waals surface area (Å²) in [7, 11) is -1.08. The first-order valence-electron chi connectivity index (χ1n) is 5.73. The van der Waals surface area contributed by atoms with Crippen molar-refractivity contribution in [2.75, 3.05) is 23.5 Å². The molecule has 1 atom stereocenters. The van der Waals surface area contributed by atoms with Crippen LogP contribution in [0.2, 0.25) is 0 Å². The molecule has 1 aromatic heterocycles. The molecule has 1 aromatic rings. The lowest BCUT2D eigenvalue weighted by Gasteiger charge is -2.24. The molecule has 1 aliphatic rings. The zero-order valence-corrected chi connectivity index (χ0v) is 11.2. The fourth-order valence-corrected chi connectivity index (χ4v) is 3.94. The molecule has 5 nitrogen and oxygen atoms in total. The fourth-order valence-electron chi connectivity index (χ4n) is 2.16. The predicted molar refractivity (Wildman–Crippen MR) is 69.2 cm³/mol. The molecule has 0 aliphatic carbocycles. The molecule has 2 rings (SSSR count). The number of hydrogen-bond acceptors (Lipinski definition) is 5. The Bertz CT molecular complexity index is 604. The van der Waals surface area contributed by atoms with Crippen molar-refractivity contribution in [2.45, 2.75) is 19.4 Å². The van der Waals surface area contributed by atoms with E-state index in [1.165, 1.54) is 0 Å². The van der Waals surface area contributed by atoms with Gasteiger partial charge in [0.25, 0.3) is 0 Å². The van der Waals surface area contributed by atoms with E-state index in [-0.39, 0.29) is 17.5 Å². The Kier molecular flexibility index (Phi) is 3.26. The Morgan fingerprint density at radius 3 is 2.78 bits per heavy atom. The average Bonchev–Trinajstić information content (AvgIpc) is 2.67. The van der Waals surface area contributed by atoms with E-state index in [2.05, 4.69) is 11.1 Å². The van der Waals surface area contributed by atoms with Crippen molar-refractivity contribution < 1.29 is 8.42 Å². The van der Waals surface area contributed by atoms with Crippen LogP contribution in [0.1, 0.15) is 17.7 Å². The van der Waals surface area contributed by atoms with E-state index in [1.807, 2.05) is 18.9 Å². The zero-order chi connectivity index (χ0) is 13.3. The van der Waals surface area contributed by atoms with Crippen LogP contribution in [-0.2, 0) is 9.84 Å². The van der Waals surface area contributed by atoms with Gasteiger partial charge in [0.1, 0.15) is 5.82 Å². The van der Waals surface area contributed by atoms with Crippen molar-refractivity contribution in [2.24, 2.45) is 0 Å². The van der Waals surface area contributed by atoms with Gasteiger partial charge < -0.3 is 4.90 Å². The van der Waals surface area contributed by atoms with Gasteiger partial charge in [-0.2, -0.15) is 5.26 Å². The molecule has 0 radical (unpaired) electrons. The Hall–Kier alpha value is -1.61. The molecule has 0 bridgehead atoms. The second-order valence-electron chi connectivity index (χ2n) is 4.63. The summed E-state index contributed by atoms with van der Waals surface area (Å²) in [6.45, 7) is 1.82. The standard InChI is InChI=1S/C12H15N3O2S/c1-9-5-10(7-13)6-12(14-9)15(2)11-3-4-18(16,17)8-11/h5-6,11H,3-4,8H2,1-2H3. The van der Waals surface area contributed by atoms with E-state index in [9.17, 15) is 8.42 Å². The van der Waals surface area contributed by atoms with Crippen LogP contribution in [0.25, 0.3) is 0 Å². The number of sulfone groups is 1. The van der Waals surface area contributed by atoms with E-state index in [4.69, 9.17) is 5.26 Å². The van der Waals surface area contributed by atoms with Gasteiger partial charge in [0.15, 0.2) is 9.84 Å². The minimum Gasteiger partial charge on any atom is -0.356 e. The predicted octanol–water partition coefficient (Wildman–Crippen LogP) is 0.885. The lowest BCUT2D eigenvalue weighted by Crippen LogP contribution is -2.33.